The van der Waals surface area contributed by atoms with Crippen molar-refractivity contribution < 1.29 is 23.9 Å². The van der Waals surface area contributed by atoms with Crippen LogP contribution in [0.4, 0.5) is 0 Å². The van der Waals surface area contributed by atoms with Gasteiger partial charge in [0.15, 0.2) is 0 Å². The molecule has 0 bridgehead atoms. The van der Waals surface area contributed by atoms with E-state index in [0.29, 0.717) is 22.6 Å². The van der Waals surface area contributed by atoms with Gasteiger partial charge in [-0.15, -0.1) is 0 Å². The van der Waals surface area contributed by atoms with Crippen LogP contribution in [0.2, 0.25) is 5.02 Å². The number of halogens is 1. The first-order valence-electron chi connectivity index (χ1n) is 11.3. The Morgan fingerprint density at radius 3 is 2.32 bits per heavy atom. The largest absolute Gasteiger partial charge is 0.478 e. The molecule has 3 aromatic carbocycles. The third kappa shape index (κ3) is 6.71. The van der Waals surface area contributed by atoms with E-state index in [4.69, 9.17) is 21.1 Å². The fourth-order valence-electron chi connectivity index (χ4n) is 3.59. The van der Waals surface area contributed by atoms with Crippen LogP contribution < -0.4 is 10.7 Å². The number of rotatable bonds is 9. The normalized spacial score (nSPS) is 11.7. The highest BCUT2D eigenvalue weighted by Crippen LogP contribution is 2.27. The van der Waals surface area contributed by atoms with Gasteiger partial charge in [-0.05, 0) is 42.0 Å². The van der Waals surface area contributed by atoms with E-state index < -0.39 is 17.9 Å². The van der Waals surface area contributed by atoms with Crippen molar-refractivity contribution in [1.29, 1.82) is 0 Å². The van der Waals surface area contributed by atoms with Crippen LogP contribution in [0.25, 0.3) is 11.3 Å². The summed E-state index contributed by atoms with van der Waals surface area (Å²) in [6.45, 7) is 0. The number of carboxylic acids is 1. The number of hydrogen-bond acceptors (Lipinski definition) is 5. The van der Waals surface area contributed by atoms with Crippen LogP contribution in [0.5, 0.6) is 0 Å². The van der Waals surface area contributed by atoms with Crippen molar-refractivity contribution in [2.45, 2.75) is 12.5 Å². The highest BCUT2D eigenvalue weighted by atomic mass is 35.5. The Labute approximate surface area is 217 Å². The third-order valence-corrected chi connectivity index (χ3v) is 5.74. The monoisotopic (exact) mass is 515 g/mol. The lowest BCUT2D eigenvalue weighted by Gasteiger charge is -2.18. The Hall–Kier alpha value is -4.69. The number of aromatic carboxylic acids is 1. The molecule has 2 amide bonds. The number of furan rings is 1. The van der Waals surface area contributed by atoms with Crippen LogP contribution in [0.3, 0.4) is 0 Å². The zero-order valence-electron chi connectivity index (χ0n) is 19.4. The molecule has 0 aliphatic carbocycles. The number of hydrogen-bond donors (Lipinski definition) is 3. The summed E-state index contributed by atoms with van der Waals surface area (Å²) in [5, 5.41) is 16.1. The second-order valence-corrected chi connectivity index (χ2v) is 8.41. The van der Waals surface area contributed by atoms with Gasteiger partial charge in [-0.3, -0.25) is 9.59 Å². The van der Waals surface area contributed by atoms with Gasteiger partial charge < -0.3 is 14.8 Å². The number of carboxylic acid groups (broad SMARTS) is 1. The fraction of sp³-hybridized carbons (Fsp3) is 0.0714. The lowest BCUT2D eigenvalue weighted by molar-refractivity contribution is -0.121. The van der Waals surface area contributed by atoms with E-state index in [9.17, 15) is 14.4 Å². The fourth-order valence-corrected chi connectivity index (χ4v) is 3.85. The summed E-state index contributed by atoms with van der Waals surface area (Å²) in [7, 11) is 0. The minimum Gasteiger partial charge on any atom is -0.478 e. The number of carbonyl (C=O) groups is 3. The Kier molecular flexibility index (Phi) is 8.12. The van der Waals surface area contributed by atoms with Crippen molar-refractivity contribution in [2.24, 2.45) is 5.10 Å². The third-order valence-electron chi connectivity index (χ3n) is 5.42. The summed E-state index contributed by atoms with van der Waals surface area (Å²) in [4.78, 5) is 36.4. The van der Waals surface area contributed by atoms with E-state index in [-0.39, 0.29) is 22.9 Å². The predicted molar refractivity (Wildman–Crippen MR) is 140 cm³/mol. The van der Waals surface area contributed by atoms with Gasteiger partial charge in [-0.2, -0.15) is 5.10 Å². The average Bonchev–Trinajstić information content (AvgIpc) is 3.38. The van der Waals surface area contributed by atoms with E-state index in [1.165, 1.54) is 18.3 Å². The molecule has 4 rings (SSSR count). The molecule has 37 heavy (non-hydrogen) atoms. The van der Waals surface area contributed by atoms with E-state index in [0.717, 1.165) is 5.56 Å². The molecular formula is C28H22ClN3O5. The van der Waals surface area contributed by atoms with Gasteiger partial charge in [0.2, 0.25) is 5.91 Å². The van der Waals surface area contributed by atoms with Gasteiger partial charge in [0.25, 0.3) is 5.91 Å². The van der Waals surface area contributed by atoms with Gasteiger partial charge in [0, 0.05) is 11.1 Å². The molecule has 0 radical (unpaired) electrons. The summed E-state index contributed by atoms with van der Waals surface area (Å²) in [5.41, 5.74) is 4.33. The summed E-state index contributed by atoms with van der Waals surface area (Å²) < 4.78 is 5.70. The van der Waals surface area contributed by atoms with Gasteiger partial charge in [-0.1, -0.05) is 66.2 Å². The van der Waals surface area contributed by atoms with E-state index in [2.05, 4.69) is 15.8 Å². The molecule has 1 aromatic heterocycles. The predicted octanol–water partition coefficient (Wildman–Crippen LogP) is 5.31. The SMILES string of the molecule is O=C(C[C@H](NC(=O)c1ccccc1)c1ccccc1)N/N=C\c1ccc(-c2ccc(C(=O)O)c(Cl)c2)o1. The maximum Gasteiger partial charge on any atom is 0.337 e. The molecule has 186 valence electrons. The molecule has 9 heteroatoms. The van der Waals surface area contributed by atoms with Gasteiger partial charge in [0.05, 0.1) is 29.3 Å². The number of benzene rings is 3. The second kappa shape index (κ2) is 11.8. The lowest BCUT2D eigenvalue weighted by atomic mass is 10.0. The summed E-state index contributed by atoms with van der Waals surface area (Å²) in [6, 6.07) is 25.2. The van der Waals surface area contributed by atoms with Gasteiger partial charge in [-0.25, -0.2) is 10.2 Å². The zero-order chi connectivity index (χ0) is 26.2. The van der Waals surface area contributed by atoms with Crippen molar-refractivity contribution >= 4 is 35.6 Å². The van der Waals surface area contributed by atoms with E-state index in [1.54, 1.807) is 42.5 Å². The molecule has 0 saturated carbocycles. The number of hydrazone groups is 1. The van der Waals surface area contributed by atoms with Crippen LogP contribution in [0.1, 0.15) is 44.5 Å². The van der Waals surface area contributed by atoms with Crippen molar-refractivity contribution in [3.63, 3.8) is 0 Å². The average molecular weight is 516 g/mol. The molecule has 0 spiro atoms. The van der Waals surface area contributed by atoms with Gasteiger partial charge >= 0.3 is 5.97 Å². The van der Waals surface area contributed by atoms with Crippen LogP contribution in [0.15, 0.2) is 101 Å². The molecule has 1 heterocycles. The van der Waals surface area contributed by atoms with Crippen molar-refractivity contribution in [3.8, 4) is 11.3 Å². The standard InChI is InChI=1S/C28H22ClN3O5/c29-23-15-20(11-13-22(23)28(35)36)25-14-12-21(37-25)17-30-32-26(33)16-24(18-7-3-1-4-8-18)31-27(34)19-9-5-2-6-10-19/h1-15,17,24H,16H2,(H,31,34)(H,32,33)(H,35,36)/b30-17-/t24-/m0/s1. The second-order valence-electron chi connectivity index (χ2n) is 8.00. The zero-order valence-corrected chi connectivity index (χ0v) is 20.2. The molecule has 0 aliphatic rings. The number of carbonyl (C=O) groups excluding carboxylic acids is 2. The Balaban J connectivity index is 1.39. The minimum absolute atomic E-state index is 0.00441. The summed E-state index contributed by atoms with van der Waals surface area (Å²) in [5.74, 6) is -0.981. The van der Waals surface area contributed by atoms with Crippen LogP contribution in [0, 0.1) is 0 Å². The molecular weight excluding hydrogens is 494 g/mol. The Morgan fingerprint density at radius 2 is 1.65 bits per heavy atom. The first-order chi connectivity index (χ1) is 17.9. The van der Waals surface area contributed by atoms with Gasteiger partial charge in [0.1, 0.15) is 11.5 Å². The summed E-state index contributed by atoms with van der Waals surface area (Å²) >= 11 is 6.03. The Bertz CT molecular complexity index is 1430. The number of nitrogens with one attached hydrogen (secondary N) is 2. The highest BCUT2D eigenvalue weighted by Gasteiger charge is 2.19. The van der Waals surface area contributed by atoms with Crippen LogP contribution in [-0.4, -0.2) is 29.1 Å². The van der Waals surface area contributed by atoms with E-state index in [1.807, 2.05) is 36.4 Å². The van der Waals surface area contributed by atoms with Crippen molar-refractivity contribution in [3.05, 3.63) is 118 Å². The number of nitrogens with zero attached hydrogens (tertiary/aromatic N) is 1. The molecule has 0 fully saturated rings. The van der Waals surface area contributed by atoms with Crippen molar-refractivity contribution in [2.75, 3.05) is 0 Å². The molecule has 0 unspecified atom stereocenters. The maximum absolute atomic E-state index is 12.7. The molecule has 0 aliphatic heterocycles. The smallest absolute Gasteiger partial charge is 0.337 e. The number of amides is 2. The van der Waals surface area contributed by atoms with Crippen molar-refractivity contribution in [1.82, 2.24) is 10.7 Å². The quantitative estimate of drug-likeness (QED) is 0.206. The molecule has 4 aromatic rings. The van der Waals surface area contributed by atoms with Crippen LogP contribution >= 0.6 is 11.6 Å². The molecule has 0 saturated heterocycles. The Morgan fingerprint density at radius 1 is 0.946 bits per heavy atom. The first kappa shape index (κ1) is 25.4. The molecule has 3 N–H and O–H groups in total. The maximum atomic E-state index is 12.7. The van der Waals surface area contributed by atoms with E-state index >= 15 is 0 Å². The minimum atomic E-state index is -1.12. The van der Waals surface area contributed by atoms with Crippen LogP contribution in [-0.2, 0) is 4.79 Å². The molecule has 1 atom stereocenters. The molecule has 8 nitrogen and oxygen atoms in total. The topological polar surface area (TPSA) is 121 Å². The highest BCUT2D eigenvalue weighted by molar-refractivity contribution is 6.33. The lowest BCUT2D eigenvalue weighted by Crippen LogP contribution is -2.32. The first-order valence-corrected chi connectivity index (χ1v) is 11.6. The summed E-state index contributed by atoms with van der Waals surface area (Å²) in [6.07, 6.45) is 1.31.